The number of likely N-dealkylation sites (N-methyl/N-ethyl adjacent to an activating group) is 1. The molecule has 6 nitrogen and oxygen atoms in total. The molecule has 3 aromatic rings. The number of pyridine rings is 1. The molecule has 208 valence electrons. The molecule has 0 unspecified atom stereocenters. The summed E-state index contributed by atoms with van der Waals surface area (Å²) in [7, 11) is 1.27. The van der Waals surface area contributed by atoms with Gasteiger partial charge in [0.15, 0.2) is 5.60 Å². The number of anilines is 1. The number of carbonyl (C=O) groups excluding carboxylic acids is 1. The van der Waals surface area contributed by atoms with Crippen molar-refractivity contribution in [3.05, 3.63) is 77.0 Å². The summed E-state index contributed by atoms with van der Waals surface area (Å²) in [5.41, 5.74) is -2.26. The van der Waals surface area contributed by atoms with E-state index in [-0.39, 0.29) is 17.9 Å². The second-order valence-electron chi connectivity index (χ2n) is 9.28. The number of nitrogens with zero attached hydrogens (tertiary/aromatic N) is 2. The number of aryl methyl sites for hydroxylation is 1. The molecule has 0 aliphatic heterocycles. The minimum Gasteiger partial charge on any atom is -0.478 e. The van der Waals surface area contributed by atoms with Crippen LogP contribution in [0.2, 0.25) is 0 Å². The molecule has 0 radical (unpaired) electrons. The van der Waals surface area contributed by atoms with Crippen molar-refractivity contribution in [1.82, 2.24) is 4.98 Å². The molecule has 0 aliphatic rings. The number of alkyl halides is 6. The molecule has 0 bridgehead atoms. The van der Waals surface area contributed by atoms with Gasteiger partial charge in [0.1, 0.15) is 5.75 Å². The molecule has 0 saturated heterocycles. The van der Waals surface area contributed by atoms with Crippen molar-refractivity contribution in [2.75, 3.05) is 11.9 Å². The third-order valence-corrected chi connectivity index (χ3v) is 5.91. The Labute approximate surface area is 219 Å². The molecule has 0 fully saturated rings. The number of aliphatic carboxylic acids is 1. The average Bonchev–Trinajstić information content (AvgIpc) is 2.83. The summed E-state index contributed by atoms with van der Waals surface area (Å²) in [6.07, 6.45) is -9.51. The number of amides is 1. The predicted molar refractivity (Wildman–Crippen MR) is 130 cm³/mol. The third kappa shape index (κ3) is 7.06. The quantitative estimate of drug-likeness (QED) is 0.336. The molecule has 0 aliphatic carbocycles. The van der Waals surface area contributed by atoms with Crippen LogP contribution >= 0.6 is 0 Å². The molecule has 1 N–H and O–H groups in total. The summed E-state index contributed by atoms with van der Waals surface area (Å²) < 4.78 is 84.3. The molecule has 0 spiro atoms. The zero-order valence-electron chi connectivity index (χ0n) is 21.2. The van der Waals surface area contributed by atoms with Crippen LogP contribution in [0.25, 0.3) is 11.3 Å². The Kier molecular flexibility index (Phi) is 8.00. The highest BCUT2D eigenvalue weighted by Crippen LogP contribution is 2.36. The van der Waals surface area contributed by atoms with Crippen molar-refractivity contribution in [3.8, 4) is 17.0 Å². The maximum absolute atomic E-state index is 13.5. The largest absolute Gasteiger partial charge is 0.478 e. The number of carboxylic acid groups (broad SMARTS) is 1. The summed E-state index contributed by atoms with van der Waals surface area (Å²) in [6, 6.07) is 10.1. The Morgan fingerprint density at radius 2 is 1.49 bits per heavy atom. The normalized spacial score (nSPS) is 12.3. The Morgan fingerprint density at radius 1 is 0.897 bits per heavy atom. The van der Waals surface area contributed by atoms with E-state index < -0.39 is 41.0 Å². The Hall–Kier alpha value is -4.09. The summed E-state index contributed by atoms with van der Waals surface area (Å²) in [4.78, 5) is 29.7. The minimum absolute atomic E-state index is 0.169. The van der Waals surface area contributed by atoms with Crippen LogP contribution in [0.4, 0.5) is 32.0 Å². The van der Waals surface area contributed by atoms with Crippen molar-refractivity contribution in [2.45, 2.75) is 45.1 Å². The van der Waals surface area contributed by atoms with Gasteiger partial charge in [-0.05, 0) is 56.7 Å². The van der Waals surface area contributed by atoms with E-state index in [1.54, 1.807) is 13.0 Å². The molecule has 39 heavy (non-hydrogen) atoms. The second kappa shape index (κ2) is 10.6. The first-order chi connectivity index (χ1) is 17.9. The van der Waals surface area contributed by atoms with Gasteiger partial charge >= 0.3 is 18.3 Å². The van der Waals surface area contributed by atoms with Crippen LogP contribution in [0.5, 0.6) is 5.75 Å². The number of benzene rings is 2. The molecule has 12 heteroatoms. The molecule has 2 aromatic carbocycles. The number of halogens is 6. The number of hydrogen-bond acceptors (Lipinski definition) is 4. The number of rotatable bonds is 7. The van der Waals surface area contributed by atoms with Gasteiger partial charge in [-0.25, -0.2) is 4.79 Å². The van der Waals surface area contributed by atoms with E-state index in [4.69, 9.17) is 4.74 Å². The van der Waals surface area contributed by atoms with E-state index in [2.05, 4.69) is 4.98 Å². The Morgan fingerprint density at radius 3 is 2.00 bits per heavy atom. The fraction of sp³-hybridized carbons (Fsp3) is 0.296. The highest BCUT2D eigenvalue weighted by Gasteiger charge is 2.35. The minimum atomic E-state index is -4.79. The van der Waals surface area contributed by atoms with Gasteiger partial charge in [0.25, 0.3) is 0 Å². The van der Waals surface area contributed by atoms with Gasteiger partial charge in [-0.1, -0.05) is 18.2 Å². The third-order valence-electron chi connectivity index (χ3n) is 5.91. The fourth-order valence-electron chi connectivity index (χ4n) is 3.53. The predicted octanol–water partition coefficient (Wildman–Crippen LogP) is 6.54. The van der Waals surface area contributed by atoms with Gasteiger partial charge in [-0.2, -0.15) is 26.3 Å². The van der Waals surface area contributed by atoms with Crippen molar-refractivity contribution in [1.29, 1.82) is 0 Å². The van der Waals surface area contributed by atoms with Crippen molar-refractivity contribution < 1.29 is 45.8 Å². The molecule has 0 saturated carbocycles. The lowest BCUT2D eigenvalue weighted by Crippen LogP contribution is -2.38. The fourth-order valence-corrected chi connectivity index (χ4v) is 3.53. The number of carboxylic acids is 1. The van der Waals surface area contributed by atoms with Crippen LogP contribution in [0.3, 0.4) is 0 Å². The lowest BCUT2D eigenvalue weighted by molar-refractivity contribution is -0.152. The summed E-state index contributed by atoms with van der Waals surface area (Å²) in [5.74, 6) is -2.37. The highest BCUT2D eigenvalue weighted by atomic mass is 19.4. The molecule has 1 amide bonds. The number of hydrogen-bond donors (Lipinski definition) is 1. The topological polar surface area (TPSA) is 79.7 Å². The zero-order valence-corrected chi connectivity index (χ0v) is 21.2. The molecule has 1 heterocycles. The lowest BCUT2D eigenvalue weighted by Gasteiger charge is -2.25. The van der Waals surface area contributed by atoms with Crippen molar-refractivity contribution in [3.63, 3.8) is 0 Å². The molecule has 0 atom stereocenters. The first-order valence-electron chi connectivity index (χ1n) is 11.4. The lowest BCUT2D eigenvalue weighted by atomic mass is 10.0. The number of ether oxygens (including phenoxy) is 1. The maximum atomic E-state index is 13.5. The van der Waals surface area contributed by atoms with Crippen LogP contribution in [-0.2, 0) is 28.4 Å². The van der Waals surface area contributed by atoms with E-state index in [9.17, 15) is 41.0 Å². The van der Waals surface area contributed by atoms with Gasteiger partial charge in [-0.3, -0.25) is 9.78 Å². The smallest absolute Gasteiger partial charge is 0.416 e. The Balaban J connectivity index is 1.85. The van der Waals surface area contributed by atoms with E-state index >= 15 is 0 Å². The second-order valence-corrected chi connectivity index (χ2v) is 9.28. The maximum Gasteiger partial charge on any atom is 0.416 e. The molecular weight excluding hydrogens is 530 g/mol. The van der Waals surface area contributed by atoms with Crippen LogP contribution in [0.1, 0.15) is 36.2 Å². The first kappa shape index (κ1) is 29.5. The van der Waals surface area contributed by atoms with Crippen LogP contribution in [0.15, 0.2) is 54.6 Å². The number of carbonyl (C=O) groups is 2. The Bertz CT molecular complexity index is 1380. The van der Waals surface area contributed by atoms with Crippen molar-refractivity contribution >= 4 is 17.6 Å². The zero-order chi connectivity index (χ0) is 29.3. The number of aromatic nitrogens is 1. The summed E-state index contributed by atoms with van der Waals surface area (Å²) >= 11 is 0. The molecule has 1 aromatic heterocycles. The molecular formula is C27H24F6N2O4. The van der Waals surface area contributed by atoms with E-state index in [1.165, 1.54) is 39.1 Å². The monoisotopic (exact) mass is 554 g/mol. The molecule has 3 rings (SSSR count). The van der Waals surface area contributed by atoms with Crippen LogP contribution < -0.4 is 9.64 Å². The van der Waals surface area contributed by atoms with E-state index in [0.717, 1.165) is 29.2 Å². The SMILES string of the molecule is Cc1nc(-c2ccc(C(F)(F)F)cc2)ccc1CC(=O)N(C)c1cc(OC(C)(C)C(=O)O)cc(C(F)(F)F)c1. The van der Waals surface area contributed by atoms with Crippen LogP contribution in [-0.4, -0.2) is 34.6 Å². The van der Waals surface area contributed by atoms with E-state index in [1.807, 2.05) is 0 Å². The summed E-state index contributed by atoms with van der Waals surface area (Å²) in [6.45, 7) is 3.95. The standard InChI is InChI=1S/C27H24F6N2O4/c1-15-17(7-10-22(34-15)16-5-8-18(9-6-16)26(28,29)30)11-23(36)35(4)20-12-19(27(31,32)33)13-21(14-20)39-25(2,3)24(37)38/h5-10,12-14H,11H2,1-4H3,(H,37,38). The average molecular weight is 554 g/mol. The van der Waals surface area contributed by atoms with Gasteiger partial charge in [0.05, 0.1) is 23.2 Å². The van der Waals surface area contributed by atoms with Crippen LogP contribution in [0, 0.1) is 6.92 Å². The van der Waals surface area contributed by atoms with Crippen molar-refractivity contribution in [2.24, 2.45) is 0 Å². The van der Waals surface area contributed by atoms with Gasteiger partial charge in [0, 0.05) is 30.1 Å². The highest BCUT2D eigenvalue weighted by molar-refractivity contribution is 5.94. The first-order valence-corrected chi connectivity index (χ1v) is 11.4. The summed E-state index contributed by atoms with van der Waals surface area (Å²) in [5, 5.41) is 9.26. The van der Waals surface area contributed by atoms with E-state index in [0.29, 0.717) is 28.6 Å². The van der Waals surface area contributed by atoms with Gasteiger partial charge in [-0.15, -0.1) is 0 Å². The van der Waals surface area contributed by atoms with Gasteiger partial charge < -0.3 is 14.7 Å². The van der Waals surface area contributed by atoms with Gasteiger partial charge in [0.2, 0.25) is 5.91 Å².